The first-order chi connectivity index (χ1) is 9.37. The van der Waals surface area contributed by atoms with Crippen LogP contribution in [0.5, 0.6) is 11.5 Å². The monoisotopic (exact) mass is 274 g/mol. The van der Waals surface area contributed by atoms with E-state index in [1.165, 1.54) is 0 Å². The molecule has 4 nitrogen and oxygen atoms in total. The molecule has 0 aliphatic heterocycles. The first-order valence-corrected chi connectivity index (χ1v) is 6.42. The summed E-state index contributed by atoms with van der Waals surface area (Å²) in [5.74, 6) is 0.309. The third-order valence-corrected chi connectivity index (χ3v) is 2.62. The van der Waals surface area contributed by atoms with E-state index >= 15 is 0 Å². The van der Waals surface area contributed by atoms with E-state index in [1.807, 2.05) is 6.07 Å². The van der Waals surface area contributed by atoms with Gasteiger partial charge in [-0.15, -0.1) is 0 Å². The fourth-order valence-electron chi connectivity index (χ4n) is 1.90. The molecule has 0 fully saturated rings. The van der Waals surface area contributed by atoms with Crippen molar-refractivity contribution in [3.63, 3.8) is 0 Å². The molecule has 1 N–H and O–H groups in total. The molecule has 0 spiro atoms. The van der Waals surface area contributed by atoms with Gasteiger partial charge in [0.1, 0.15) is 17.1 Å². The molecular weight excluding hydrogens is 256 g/mol. The minimum atomic E-state index is -0.530. The number of carbonyl (C=O) groups is 1. The Balaban J connectivity index is 2.15. The SMILES string of the molecule is CC(C)(C)OC(=O)COc1cccc2c(O)cccc12. The van der Waals surface area contributed by atoms with Crippen LogP contribution in [0.15, 0.2) is 36.4 Å². The Hall–Kier alpha value is -2.23. The number of phenols is 1. The van der Waals surface area contributed by atoms with Crippen LogP contribution in [0, 0.1) is 0 Å². The Morgan fingerprint density at radius 1 is 1.10 bits per heavy atom. The van der Waals surface area contributed by atoms with Gasteiger partial charge < -0.3 is 14.6 Å². The molecule has 0 aromatic heterocycles. The van der Waals surface area contributed by atoms with Crippen LogP contribution in [-0.2, 0) is 9.53 Å². The van der Waals surface area contributed by atoms with Crippen molar-refractivity contribution >= 4 is 16.7 Å². The average molecular weight is 274 g/mol. The number of hydrogen-bond acceptors (Lipinski definition) is 4. The minimum Gasteiger partial charge on any atom is -0.507 e. The number of benzene rings is 2. The number of ether oxygens (including phenoxy) is 2. The molecule has 0 aliphatic rings. The van der Waals surface area contributed by atoms with Crippen molar-refractivity contribution in [2.75, 3.05) is 6.61 Å². The summed E-state index contributed by atoms with van der Waals surface area (Å²) < 4.78 is 10.7. The van der Waals surface area contributed by atoms with Gasteiger partial charge in [-0.3, -0.25) is 0 Å². The molecule has 0 atom stereocenters. The van der Waals surface area contributed by atoms with E-state index in [0.29, 0.717) is 11.1 Å². The number of carbonyl (C=O) groups excluding carboxylic acids is 1. The number of fused-ring (bicyclic) bond motifs is 1. The molecule has 0 radical (unpaired) electrons. The fraction of sp³-hybridized carbons (Fsp3) is 0.312. The van der Waals surface area contributed by atoms with Crippen LogP contribution in [-0.4, -0.2) is 23.3 Å². The average Bonchev–Trinajstić information content (AvgIpc) is 2.35. The summed E-state index contributed by atoms with van der Waals surface area (Å²) in [6.07, 6.45) is 0. The van der Waals surface area contributed by atoms with Gasteiger partial charge in [0, 0.05) is 10.8 Å². The molecule has 20 heavy (non-hydrogen) atoms. The highest BCUT2D eigenvalue weighted by atomic mass is 16.6. The largest absolute Gasteiger partial charge is 0.507 e. The molecule has 4 heteroatoms. The number of phenolic OH excluding ortho intramolecular Hbond substituents is 1. The highest BCUT2D eigenvalue weighted by Gasteiger charge is 2.17. The number of hydrogen-bond donors (Lipinski definition) is 1. The van der Waals surface area contributed by atoms with Crippen molar-refractivity contribution in [1.29, 1.82) is 0 Å². The molecule has 106 valence electrons. The maximum absolute atomic E-state index is 11.6. The van der Waals surface area contributed by atoms with Gasteiger partial charge >= 0.3 is 5.97 Å². The Bertz CT molecular complexity index is 626. The molecular formula is C16H18O4. The molecule has 0 aliphatic carbocycles. The Morgan fingerprint density at radius 3 is 2.45 bits per heavy atom. The summed E-state index contributed by atoms with van der Waals surface area (Å²) in [6, 6.07) is 10.5. The topological polar surface area (TPSA) is 55.8 Å². The van der Waals surface area contributed by atoms with Crippen LogP contribution in [0.3, 0.4) is 0 Å². The van der Waals surface area contributed by atoms with Gasteiger partial charge in [0.05, 0.1) is 0 Å². The zero-order valence-corrected chi connectivity index (χ0v) is 11.8. The van der Waals surface area contributed by atoms with Crippen molar-refractivity contribution in [3.05, 3.63) is 36.4 Å². The highest BCUT2D eigenvalue weighted by Crippen LogP contribution is 2.31. The third kappa shape index (κ3) is 3.41. The second-order valence-corrected chi connectivity index (χ2v) is 5.50. The minimum absolute atomic E-state index is 0.161. The van der Waals surface area contributed by atoms with E-state index in [-0.39, 0.29) is 12.4 Å². The van der Waals surface area contributed by atoms with Gasteiger partial charge in [0.25, 0.3) is 0 Å². The maximum Gasteiger partial charge on any atom is 0.344 e. The second-order valence-electron chi connectivity index (χ2n) is 5.50. The van der Waals surface area contributed by atoms with Crippen molar-refractivity contribution in [2.45, 2.75) is 26.4 Å². The predicted molar refractivity (Wildman–Crippen MR) is 77.0 cm³/mol. The quantitative estimate of drug-likeness (QED) is 0.873. The van der Waals surface area contributed by atoms with Crippen molar-refractivity contribution in [3.8, 4) is 11.5 Å². The zero-order chi connectivity index (χ0) is 14.8. The first-order valence-electron chi connectivity index (χ1n) is 6.42. The lowest BCUT2D eigenvalue weighted by molar-refractivity contribution is -0.157. The molecule has 0 unspecified atom stereocenters. The summed E-state index contributed by atoms with van der Waals surface area (Å²) in [5.41, 5.74) is -0.530. The standard InChI is InChI=1S/C16H18O4/c1-16(2,3)20-15(18)10-19-14-9-5-6-11-12(14)7-4-8-13(11)17/h4-9,17H,10H2,1-3H3. The van der Waals surface area contributed by atoms with Crippen molar-refractivity contribution < 1.29 is 19.4 Å². The van der Waals surface area contributed by atoms with Crippen LogP contribution in [0.2, 0.25) is 0 Å². The molecule has 0 saturated heterocycles. The Kier molecular flexibility index (Phi) is 3.84. The van der Waals surface area contributed by atoms with E-state index in [0.717, 1.165) is 5.39 Å². The molecule has 0 bridgehead atoms. The van der Waals surface area contributed by atoms with E-state index in [4.69, 9.17) is 9.47 Å². The summed E-state index contributed by atoms with van der Waals surface area (Å²) in [6.45, 7) is 5.26. The molecule has 0 amide bonds. The predicted octanol–water partition coefficient (Wildman–Crippen LogP) is 3.27. The van der Waals surface area contributed by atoms with Crippen molar-refractivity contribution in [2.24, 2.45) is 0 Å². The van der Waals surface area contributed by atoms with E-state index in [2.05, 4.69) is 0 Å². The number of esters is 1. The second kappa shape index (κ2) is 5.41. The lowest BCUT2D eigenvalue weighted by atomic mass is 10.1. The number of rotatable bonds is 3. The molecule has 0 heterocycles. The Labute approximate surface area is 117 Å². The lowest BCUT2D eigenvalue weighted by Crippen LogP contribution is -2.27. The van der Waals surface area contributed by atoms with Crippen LogP contribution < -0.4 is 4.74 Å². The van der Waals surface area contributed by atoms with Crippen LogP contribution in [0.1, 0.15) is 20.8 Å². The van der Waals surface area contributed by atoms with Crippen LogP contribution in [0.25, 0.3) is 10.8 Å². The third-order valence-electron chi connectivity index (χ3n) is 2.62. The van der Waals surface area contributed by atoms with Gasteiger partial charge in [-0.25, -0.2) is 4.79 Å². The van der Waals surface area contributed by atoms with E-state index < -0.39 is 11.6 Å². The van der Waals surface area contributed by atoms with Gasteiger partial charge in [0.2, 0.25) is 0 Å². The lowest BCUT2D eigenvalue weighted by Gasteiger charge is -2.19. The molecule has 2 rings (SSSR count). The van der Waals surface area contributed by atoms with Gasteiger partial charge in [0.15, 0.2) is 6.61 Å². The first kappa shape index (κ1) is 14.2. The highest BCUT2D eigenvalue weighted by molar-refractivity contribution is 5.93. The normalized spacial score (nSPS) is 11.3. The zero-order valence-electron chi connectivity index (χ0n) is 11.8. The molecule has 0 saturated carbocycles. The summed E-state index contributed by atoms with van der Waals surface area (Å²) in [5, 5.41) is 11.2. The van der Waals surface area contributed by atoms with Gasteiger partial charge in [-0.2, -0.15) is 0 Å². The van der Waals surface area contributed by atoms with Gasteiger partial charge in [-0.05, 0) is 32.9 Å². The Morgan fingerprint density at radius 2 is 1.75 bits per heavy atom. The molecule has 2 aromatic carbocycles. The summed E-state index contributed by atoms with van der Waals surface area (Å²) in [4.78, 5) is 11.6. The van der Waals surface area contributed by atoms with Crippen LogP contribution >= 0.6 is 0 Å². The van der Waals surface area contributed by atoms with Crippen LogP contribution in [0.4, 0.5) is 0 Å². The smallest absolute Gasteiger partial charge is 0.344 e. The summed E-state index contributed by atoms with van der Waals surface area (Å²) in [7, 11) is 0. The summed E-state index contributed by atoms with van der Waals surface area (Å²) >= 11 is 0. The molecule has 2 aromatic rings. The number of aromatic hydroxyl groups is 1. The fourth-order valence-corrected chi connectivity index (χ4v) is 1.90. The van der Waals surface area contributed by atoms with Gasteiger partial charge in [-0.1, -0.05) is 24.3 Å². The van der Waals surface area contributed by atoms with E-state index in [1.54, 1.807) is 51.1 Å². The maximum atomic E-state index is 11.6. The van der Waals surface area contributed by atoms with E-state index in [9.17, 15) is 9.90 Å². The van der Waals surface area contributed by atoms with Crippen molar-refractivity contribution in [1.82, 2.24) is 0 Å².